The molecule has 0 saturated carbocycles. The molecule has 2 heterocycles. The first kappa shape index (κ1) is 25.9. The minimum absolute atomic E-state index is 0.0428. The average molecular weight is 501 g/mol. The number of unbranched alkanes of at least 4 members (excludes halogenated alkanes) is 2. The molecular weight excluding hydrogens is 468 g/mol. The molecule has 3 aromatic rings. The lowest BCUT2D eigenvalue weighted by atomic mass is 9.95. The number of carbonyl (C=O) groups excluding carboxylic acids is 2. The molecule has 192 valence electrons. The van der Waals surface area contributed by atoms with E-state index in [0.29, 0.717) is 35.8 Å². The van der Waals surface area contributed by atoms with Crippen LogP contribution in [-0.4, -0.2) is 39.9 Å². The number of Topliss-reactive ketones (excluding diaryl/α,β-unsaturated/α-hetero) is 1. The summed E-state index contributed by atoms with van der Waals surface area (Å²) in [7, 11) is 0. The summed E-state index contributed by atoms with van der Waals surface area (Å²) in [4.78, 5) is 32.2. The molecular formula is C30H32N2O5. The Bertz CT molecular complexity index is 1250. The van der Waals surface area contributed by atoms with Gasteiger partial charge in [0, 0.05) is 24.5 Å². The number of benzene rings is 2. The van der Waals surface area contributed by atoms with Gasteiger partial charge in [0.2, 0.25) is 0 Å². The number of aliphatic hydroxyl groups excluding tert-OH is 1. The smallest absolute Gasteiger partial charge is 0.295 e. The molecule has 1 fully saturated rings. The van der Waals surface area contributed by atoms with Gasteiger partial charge in [0.15, 0.2) is 0 Å². The van der Waals surface area contributed by atoms with Crippen LogP contribution < -0.4 is 9.47 Å². The number of nitrogens with zero attached hydrogens (tertiary/aromatic N) is 2. The number of hydrogen-bond donors (Lipinski definition) is 1. The second-order valence-electron chi connectivity index (χ2n) is 8.87. The van der Waals surface area contributed by atoms with E-state index in [1.54, 1.807) is 42.7 Å². The zero-order valence-corrected chi connectivity index (χ0v) is 21.2. The van der Waals surface area contributed by atoms with Crippen molar-refractivity contribution in [1.29, 1.82) is 0 Å². The molecule has 2 aromatic carbocycles. The summed E-state index contributed by atoms with van der Waals surface area (Å²) in [5, 5.41) is 11.3. The molecule has 1 aliphatic rings. The summed E-state index contributed by atoms with van der Waals surface area (Å²) in [5.41, 5.74) is 1.94. The van der Waals surface area contributed by atoms with Gasteiger partial charge in [-0.3, -0.25) is 14.6 Å². The molecule has 4 rings (SSSR count). The number of amides is 1. The summed E-state index contributed by atoms with van der Waals surface area (Å²) in [6, 6.07) is 17.0. The van der Waals surface area contributed by atoms with Crippen molar-refractivity contribution in [1.82, 2.24) is 9.88 Å². The quantitative estimate of drug-likeness (QED) is 0.158. The molecule has 1 N–H and O–H groups in total. The van der Waals surface area contributed by atoms with Gasteiger partial charge in [-0.2, -0.15) is 0 Å². The second-order valence-corrected chi connectivity index (χ2v) is 8.87. The van der Waals surface area contributed by atoms with Crippen LogP contribution in [0.25, 0.3) is 5.76 Å². The van der Waals surface area contributed by atoms with Crippen LogP contribution >= 0.6 is 0 Å². The first-order chi connectivity index (χ1) is 18.0. The molecule has 1 amide bonds. The van der Waals surface area contributed by atoms with Crippen LogP contribution in [0, 0.1) is 0 Å². The van der Waals surface area contributed by atoms with Crippen LogP contribution in [0.3, 0.4) is 0 Å². The molecule has 0 spiro atoms. The van der Waals surface area contributed by atoms with Crippen LogP contribution in [0.4, 0.5) is 0 Å². The van der Waals surface area contributed by atoms with E-state index in [0.717, 1.165) is 24.8 Å². The maximum atomic E-state index is 13.3. The van der Waals surface area contributed by atoms with Gasteiger partial charge in [0.1, 0.15) is 17.3 Å². The zero-order valence-electron chi connectivity index (χ0n) is 21.2. The number of ketones is 1. The van der Waals surface area contributed by atoms with Crippen molar-refractivity contribution >= 4 is 17.4 Å². The monoisotopic (exact) mass is 500 g/mol. The van der Waals surface area contributed by atoms with E-state index in [9.17, 15) is 14.7 Å². The number of pyridine rings is 1. The Labute approximate surface area is 217 Å². The molecule has 7 nitrogen and oxygen atoms in total. The fourth-order valence-corrected chi connectivity index (χ4v) is 4.43. The molecule has 0 radical (unpaired) electrons. The van der Waals surface area contributed by atoms with E-state index in [-0.39, 0.29) is 17.9 Å². The topological polar surface area (TPSA) is 89.0 Å². The van der Waals surface area contributed by atoms with Gasteiger partial charge < -0.3 is 19.5 Å². The maximum absolute atomic E-state index is 13.3. The average Bonchev–Trinajstić information content (AvgIpc) is 3.17. The highest BCUT2D eigenvalue weighted by Gasteiger charge is 2.46. The van der Waals surface area contributed by atoms with Crippen molar-refractivity contribution in [2.45, 2.75) is 45.7 Å². The summed E-state index contributed by atoms with van der Waals surface area (Å²) in [5.74, 6) is -0.318. The number of likely N-dealkylation sites (tertiary alicyclic amines) is 1. The Hall–Kier alpha value is -4.13. The summed E-state index contributed by atoms with van der Waals surface area (Å²) in [6.07, 6.45) is 6.43. The third-order valence-corrected chi connectivity index (χ3v) is 6.24. The van der Waals surface area contributed by atoms with Crippen LogP contribution in [0.5, 0.6) is 11.5 Å². The molecule has 0 bridgehead atoms. The Morgan fingerprint density at radius 1 is 0.973 bits per heavy atom. The van der Waals surface area contributed by atoms with Gasteiger partial charge in [0.25, 0.3) is 11.7 Å². The van der Waals surface area contributed by atoms with Crippen molar-refractivity contribution in [3.63, 3.8) is 0 Å². The number of hydrogen-bond acceptors (Lipinski definition) is 6. The Morgan fingerprint density at radius 2 is 1.78 bits per heavy atom. The highest BCUT2D eigenvalue weighted by molar-refractivity contribution is 6.46. The number of aromatic nitrogens is 1. The van der Waals surface area contributed by atoms with E-state index < -0.39 is 17.7 Å². The van der Waals surface area contributed by atoms with Crippen molar-refractivity contribution in [3.8, 4) is 11.5 Å². The molecule has 1 aliphatic heterocycles. The Balaban J connectivity index is 1.75. The molecule has 1 aromatic heterocycles. The fourth-order valence-electron chi connectivity index (χ4n) is 4.43. The van der Waals surface area contributed by atoms with Crippen LogP contribution in [0.15, 0.2) is 78.6 Å². The summed E-state index contributed by atoms with van der Waals surface area (Å²) in [6.45, 7) is 5.29. The van der Waals surface area contributed by atoms with Crippen molar-refractivity contribution in [2.75, 3.05) is 13.2 Å². The van der Waals surface area contributed by atoms with Crippen molar-refractivity contribution < 1.29 is 24.2 Å². The fraction of sp³-hybridized carbons (Fsp3) is 0.300. The first-order valence-corrected chi connectivity index (χ1v) is 12.7. The van der Waals surface area contributed by atoms with Gasteiger partial charge in [0.05, 0.1) is 24.8 Å². The number of aliphatic hydroxyl groups is 1. The molecule has 1 saturated heterocycles. The standard InChI is InChI=1S/C30H32N2O5/c1-3-5-6-17-37-25-11-7-10-23(18-25)27-26(28(33)22-12-14-24(15-13-22)36-4-2)29(34)30(35)32(27)20-21-9-8-16-31-19-21/h7-16,18-19,27,33H,3-6,17,20H2,1-2H3. The number of ether oxygens (including phenoxy) is 2. The molecule has 0 aliphatic carbocycles. The highest BCUT2D eigenvalue weighted by Crippen LogP contribution is 2.41. The van der Waals surface area contributed by atoms with Gasteiger partial charge in [-0.05, 0) is 66.9 Å². The molecule has 37 heavy (non-hydrogen) atoms. The van der Waals surface area contributed by atoms with Gasteiger partial charge >= 0.3 is 0 Å². The zero-order chi connectivity index (χ0) is 26.2. The van der Waals surface area contributed by atoms with Gasteiger partial charge in [-0.15, -0.1) is 0 Å². The third kappa shape index (κ3) is 6.00. The summed E-state index contributed by atoms with van der Waals surface area (Å²) >= 11 is 0. The predicted molar refractivity (Wildman–Crippen MR) is 141 cm³/mol. The maximum Gasteiger partial charge on any atom is 0.295 e. The highest BCUT2D eigenvalue weighted by atomic mass is 16.5. The van der Waals surface area contributed by atoms with Crippen molar-refractivity contribution in [2.24, 2.45) is 0 Å². The number of carbonyl (C=O) groups is 2. The van der Waals surface area contributed by atoms with Crippen LogP contribution in [0.2, 0.25) is 0 Å². The van der Waals surface area contributed by atoms with Gasteiger partial charge in [-0.25, -0.2) is 0 Å². The van der Waals surface area contributed by atoms with Crippen LogP contribution in [0.1, 0.15) is 55.8 Å². The Morgan fingerprint density at radius 3 is 2.49 bits per heavy atom. The molecule has 1 atom stereocenters. The van der Waals surface area contributed by atoms with E-state index in [1.165, 1.54) is 4.90 Å². The summed E-state index contributed by atoms with van der Waals surface area (Å²) < 4.78 is 11.4. The predicted octanol–water partition coefficient (Wildman–Crippen LogP) is 5.67. The lowest BCUT2D eigenvalue weighted by Gasteiger charge is -2.25. The molecule has 7 heteroatoms. The SMILES string of the molecule is CCCCCOc1cccc(C2C(=C(O)c3ccc(OCC)cc3)C(=O)C(=O)N2Cc2cccnc2)c1. The normalized spacial score (nSPS) is 16.7. The van der Waals surface area contributed by atoms with Crippen molar-refractivity contribution in [3.05, 3.63) is 95.3 Å². The van der Waals surface area contributed by atoms with E-state index >= 15 is 0 Å². The first-order valence-electron chi connectivity index (χ1n) is 12.7. The van der Waals surface area contributed by atoms with E-state index in [2.05, 4.69) is 11.9 Å². The van der Waals surface area contributed by atoms with E-state index in [4.69, 9.17) is 9.47 Å². The van der Waals surface area contributed by atoms with Gasteiger partial charge in [-0.1, -0.05) is 38.0 Å². The number of rotatable bonds is 11. The van der Waals surface area contributed by atoms with E-state index in [1.807, 2.05) is 37.3 Å². The largest absolute Gasteiger partial charge is 0.507 e. The van der Waals surface area contributed by atoms with Crippen LogP contribution in [-0.2, 0) is 16.1 Å². The second kappa shape index (κ2) is 12.2. The molecule has 1 unspecified atom stereocenters. The lowest BCUT2D eigenvalue weighted by Crippen LogP contribution is -2.29. The third-order valence-electron chi connectivity index (χ3n) is 6.24. The minimum Gasteiger partial charge on any atom is -0.507 e. The minimum atomic E-state index is -0.786. The Kier molecular flexibility index (Phi) is 8.56. The lowest BCUT2D eigenvalue weighted by molar-refractivity contribution is -0.140.